The number of halogens is 2. The first-order valence-corrected chi connectivity index (χ1v) is 10.5. The lowest BCUT2D eigenvalue weighted by Gasteiger charge is -2.10. The maximum Gasteiger partial charge on any atom is 0.315 e. The molecule has 11 nitrogen and oxygen atoms in total. The molecule has 5 aromatic rings. The first kappa shape index (κ1) is 21.5. The molecule has 0 saturated carbocycles. The van der Waals surface area contributed by atoms with Gasteiger partial charge in [0.25, 0.3) is 0 Å². The molecule has 2 aromatic carbocycles. The Bertz CT molecular complexity index is 1490. The summed E-state index contributed by atoms with van der Waals surface area (Å²) in [7, 11) is 1.88. The first-order valence-electron chi connectivity index (χ1n) is 10.2. The summed E-state index contributed by atoms with van der Waals surface area (Å²) in [4.78, 5) is 20.8. The van der Waals surface area contributed by atoms with Crippen LogP contribution in [0.1, 0.15) is 11.6 Å². The van der Waals surface area contributed by atoms with E-state index in [0.29, 0.717) is 17.3 Å². The van der Waals surface area contributed by atoms with E-state index in [1.807, 2.05) is 25.2 Å². The summed E-state index contributed by atoms with van der Waals surface area (Å²) in [5.74, 6) is 0.404. The van der Waals surface area contributed by atoms with Crippen LogP contribution in [0.2, 0.25) is 5.02 Å². The summed E-state index contributed by atoms with van der Waals surface area (Å²) in [6, 6.07) is 9.66. The number of aromatic nitrogens is 8. The Morgan fingerprint density at radius 1 is 0.941 bits per heavy atom. The van der Waals surface area contributed by atoms with E-state index in [1.165, 1.54) is 29.5 Å². The van der Waals surface area contributed by atoms with Crippen molar-refractivity contribution in [3.63, 3.8) is 0 Å². The zero-order valence-electron chi connectivity index (χ0n) is 17.9. The van der Waals surface area contributed by atoms with Crippen LogP contribution in [-0.2, 0) is 20.1 Å². The lowest BCUT2D eigenvalue weighted by Crippen LogP contribution is -2.36. The fourth-order valence-corrected chi connectivity index (χ4v) is 3.60. The van der Waals surface area contributed by atoms with E-state index in [4.69, 9.17) is 11.6 Å². The van der Waals surface area contributed by atoms with Crippen molar-refractivity contribution >= 4 is 28.5 Å². The maximum absolute atomic E-state index is 13.8. The smallest absolute Gasteiger partial charge is 0.315 e. The summed E-state index contributed by atoms with van der Waals surface area (Å²) in [5, 5.41) is 19.0. The third-order valence-electron chi connectivity index (χ3n) is 5.17. The van der Waals surface area contributed by atoms with Crippen molar-refractivity contribution in [2.24, 2.45) is 7.05 Å². The number of urea groups is 1. The van der Waals surface area contributed by atoms with Gasteiger partial charge in [0, 0.05) is 18.5 Å². The number of fused-ring (bicyclic) bond motifs is 1. The number of amides is 2. The van der Waals surface area contributed by atoms with Crippen molar-refractivity contribution in [1.82, 2.24) is 49.9 Å². The van der Waals surface area contributed by atoms with E-state index in [0.717, 1.165) is 16.6 Å². The van der Waals surface area contributed by atoms with E-state index in [2.05, 4.69) is 35.9 Å². The second kappa shape index (κ2) is 8.90. The van der Waals surface area contributed by atoms with Gasteiger partial charge in [0.05, 0.1) is 41.2 Å². The fraction of sp³-hybridized carbons (Fsp3) is 0.143. The van der Waals surface area contributed by atoms with Crippen LogP contribution in [0.25, 0.3) is 22.3 Å². The van der Waals surface area contributed by atoms with Crippen LogP contribution in [0, 0.1) is 5.82 Å². The molecule has 0 unspecified atom stereocenters. The Balaban J connectivity index is 1.22. The molecule has 0 aliphatic rings. The Labute approximate surface area is 197 Å². The van der Waals surface area contributed by atoms with Gasteiger partial charge in [0.2, 0.25) is 0 Å². The molecule has 5 rings (SSSR count). The summed E-state index contributed by atoms with van der Waals surface area (Å²) in [6.45, 7) is 0.215. The number of carbonyl (C=O) groups excluding carboxylic acids is 1. The van der Waals surface area contributed by atoms with Gasteiger partial charge in [0.15, 0.2) is 11.6 Å². The van der Waals surface area contributed by atoms with Crippen LogP contribution in [0.15, 0.2) is 55.2 Å². The Morgan fingerprint density at radius 2 is 1.56 bits per heavy atom. The van der Waals surface area contributed by atoms with Crippen LogP contribution >= 0.6 is 11.6 Å². The van der Waals surface area contributed by atoms with Crippen molar-refractivity contribution in [3.8, 4) is 11.4 Å². The van der Waals surface area contributed by atoms with Crippen LogP contribution < -0.4 is 10.6 Å². The number of nitrogens with zero attached hydrogens (tertiary/aromatic N) is 8. The minimum atomic E-state index is -0.571. The SMILES string of the molecule is Cn1ncc2cc(-n3ncnc3CNC(=O)NCc3ncnn3-c3ccc(Cl)c(F)c3)ccc21. The third kappa shape index (κ3) is 4.18. The Hall–Kier alpha value is -4.32. The molecule has 2 amide bonds. The number of nitrogens with one attached hydrogen (secondary N) is 2. The van der Waals surface area contributed by atoms with Gasteiger partial charge in [-0.1, -0.05) is 11.6 Å². The predicted molar refractivity (Wildman–Crippen MR) is 121 cm³/mol. The van der Waals surface area contributed by atoms with Crippen LogP contribution in [-0.4, -0.2) is 45.3 Å². The summed E-state index contributed by atoms with van der Waals surface area (Å²) in [6.07, 6.45) is 4.53. The van der Waals surface area contributed by atoms with Gasteiger partial charge >= 0.3 is 6.03 Å². The molecule has 3 aromatic heterocycles. The van der Waals surface area contributed by atoms with Crippen molar-refractivity contribution in [2.75, 3.05) is 0 Å². The molecule has 0 bridgehead atoms. The highest BCUT2D eigenvalue weighted by molar-refractivity contribution is 6.30. The molecule has 0 saturated heterocycles. The molecule has 0 fully saturated rings. The molecule has 0 aliphatic carbocycles. The number of rotatable bonds is 6. The van der Waals surface area contributed by atoms with Crippen molar-refractivity contribution in [3.05, 3.63) is 77.7 Å². The standard InChI is InChI=1S/C21H18ClFN10O/c1-31-18-5-3-14(6-13(18)8-28-31)32-19(26-11-29-32)9-24-21(34)25-10-20-27-12-30-33(20)15-2-4-16(22)17(23)7-15/h2-8,11-12H,9-10H2,1H3,(H2,24,25,34). The van der Waals surface area contributed by atoms with Gasteiger partial charge in [-0.15, -0.1) is 0 Å². The number of hydrogen-bond acceptors (Lipinski definition) is 6. The van der Waals surface area contributed by atoms with Gasteiger partial charge in [-0.2, -0.15) is 15.3 Å². The quantitative estimate of drug-likeness (QED) is 0.385. The molecule has 0 radical (unpaired) electrons. The number of carbonyl (C=O) groups is 1. The maximum atomic E-state index is 13.8. The second-order valence-corrected chi connectivity index (χ2v) is 7.73. The van der Waals surface area contributed by atoms with Crippen molar-refractivity contribution < 1.29 is 9.18 Å². The van der Waals surface area contributed by atoms with Gasteiger partial charge in [-0.05, 0) is 30.3 Å². The molecule has 2 N–H and O–H groups in total. The van der Waals surface area contributed by atoms with E-state index < -0.39 is 11.8 Å². The highest BCUT2D eigenvalue weighted by atomic mass is 35.5. The average molecular weight is 481 g/mol. The normalized spacial score (nSPS) is 11.1. The van der Waals surface area contributed by atoms with E-state index >= 15 is 0 Å². The Kier molecular flexibility index (Phi) is 5.64. The lowest BCUT2D eigenvalue weighted by atomic mass is 10.2. The molecule has 0 atom stereocenters. The molecule has 172 valence electrons. The minimum Gasteiger partial charge on any atom is -0.331 e. The number of benzene rings is 2. The topological polar surface area (TPSA) is 120 Å². The third-order valence-corrected chi connectivity index (χ3v) is 5.48. The van der Waals surface area contributed by atoms with Gasteiger partial charge in [-0.3, -0.25) is 4.68 Å². The average Bonchev–Trinajstić information content (AvgIpc) is 3.58. The van der Waals surface area contributed by atoms with Crippen molar-refractivity contribution in [2.45, 2.75) is 13.1 Å². The fourth-order valence-electron chi connectivity index (χ4n) is 3.48. The van der Waals surface area contributed by atoms with Gasteiger partial charge < -0.3 is 10.6 Å². The molecule has 0 spiro atoms. The molecule has 13 heteroatoms. The highest BCUT2D eigenvalue weighted by Crippen LogP contribution is 2.19. The zero-order valence-corrected chi connectivity index (χ0v) is 18.6. The van der Waals surface area contributed by atoms with Crippen LogP contribution in [0.3, 0.4) is 0 Å². The highest BCUT2D eigenvalue weighted by Gasteiger charge is 2.13. The van der Waals surface area contributed by atoms with E-state index in [-0.39, 0.29) is 18.1 Å². The first-order chi connectivity index (χ1) is 16.5. The van der Waals surface area contributed by atoms with Gasteiger partial charge in [0.1, 0.15) is 18.5 Å². The minimum absolute atomic E-state index is 0.0103. The summed E-state index contributed by atoms with van der Waals surface area (Å²) in [5.41, 5.74) is 2.24. The number of aryl methyl sites for hydroxylation is 1. The lowest BCUT2D eigenvalue weighted by molar-refractivity contribution is 0.239. The molecule has 34 heavy (non-hydrogen) atoms. The summed E-state index contributed by atoms with van der Waals surface area (Å²) >= 11 is 5.74. The van der Waals surface area contributed by atoms with E-state index in [9.17, 15) is 9.18 Å². The summed E-state index contributed by atoms with van der Waals surface area (Å²) < 4.78 is 18.7. The molecule has 3 heterocycles. The molecular formula is C21H18ClFN10O. The molecule has 0 aliphatic heterocycles. The van der Waals surface area contributed by atoms with E-state index in [1.54, 1.807) is 21.6 Å². The molecular weight excluding hydrogens is 463 g/mol. The Morgan fingerprint density at radius 3 is 2.21 bits per heavy atom. The monoisotopic (exact) mass is 480 g/mol. The van der Waals surface area contributed by atoms with Crippen LogP contribution in [0.4, 0.5) is 9.18 Å². The second-order valence-electron chi connectivity index (χ2n) is 7.32. The van der Waals surface area contributed by atoms with Gasteiger partial charge in [-0.25, -0.2) is 28.5 Å². The number of hydrogen-bond donors (Lipinski definition) is 2. The predicted octanol–water partition coefficient (Wildman–Crippen LogP) is 2.53. The largest absolute Gasteiger partial charge is 0.331 e. The van der Waals surface area contributed by atoms with Crippen LogP contribution in [0.5, 0.6) is 0 Å². The zero-order chi connectivity index (χ0) is 23.7. The van der Waals surface area contributed by atoms with Crippen molar-refractivity contribution in [1.29, 1.82) is 0 Å².